The molecule has 0 saturated heterocycles. The molecule has 0 saturated carbocycles. The highest BCUT2D eigenvalue weighted by molar-refractivity contribution is 5.88. The van der Waals surface area contributed by atoms with E-state index in [2.05, 4.69) is 43.0 Å². The highest BCUT2D eigenvalue weighted by atomic mass is 15.1. The van der Waals surface area contributed by atoms with Crippen LogP contribution in [-0.2, 0) is 0 Å². The molecular weight excluding hydrogens is 350 g/mol. The SMILES string of the molecule is CNc1cc(C)nc(Nc2ccc(NC)c(-c3cc4[nH]ccc4c(C)n3)c2)n1. The Morgan fingerprint density at radius 1 is 0.893 bits per heavy atom. The van der Waals surface area contributed by atoms with Crippen LogP contribution in [0.4, 0.5) is 23.1 Å². The fourth-order valence-electron chi connectivity index (χ4n) is 3.30. The molecule has 0 fully saturated rings. The first-order valence-electron chi connectivity index (χ1n) is 9.15. The van der Waals surface area contributed by atoms with E-state index in [9.17, 15) is 0 Å². The molecule has 1 aromatic carbocycles. The number of aromatic amines is 1. The molecule has 142 valence electrons. The van der Waals surface area contributed by atoms with Gasteiger partial charge < -0.3 is 20.9 Å². The number of hydrogen-bond acceptors (Lipinski definition) is 6. The maximum absolute atomic E-state index is 4.81. The number of benzene rings is 1. The van der Waals surface area contributed by atoms with Crippen LogP contribution in [0.3, 0.4) is 0 Å². The van der Waals surface area contributed by atoms with Crippen molar-refractivity contribution in [2.45, 2.75) is 13.8 Å². The second-order valence-corrected chi connectivity index (χ2v) is 6.64. The Morgan fingerprint density at radius 3 is 2.54 bits per heavy atom. The quantitative estimate of drug-likeness (QED) is 0.413. The van der Waals surface area contributed by atoms with Crippen molar-refractivity contribution in [1.29, 1.82) is 0 Å². The van der Waals surface area contributed by atoms with Gasteiger partial charge in [-0.15, -0.1) is 0 Å². The van der Waals surface area contributed by atoms with Crippen LogP contribution in [0.1, 0.15) is 11.4 Å². The van der Waals surface area contributed by atoms with Crippen molar-refractivity contribution < 1.29 is 0 Å². The van der Waals surface area contributed by atoms with Crippen molar-refractivity contribution in [3.05, 3.63) is 54.0 Å². The summed E-state index contributed by atoms with van der Waals surface area (Å²) in [6, 6.07) is 12.1. The van der Waals surface area contributed by atoms with Crippen LogP contribution in [0.15, 0.2) is 42.6 Å². The summed E-state index contributed by atoms with van der Waals surface area (Å²) in [6.45, 7) is 3.97. The van der Waals surface area contributed by atoms with Crippen molar-refractivity contribution in [2.75, 3.05) is 30.0 Å². The molecule has 3 aromatic heterocycles. The highest BCUT2D eigenvalue weighted by Gasteiger charge is 2.11. The number of aromatic nitrogens is 4. The molecule has 0 aliphatic carbocycles. The second-order valence-electron chi connectivity index (χ2n) is 6.64. The second kappa shape index (κ2) is 7.19. The van der Waals surface area contributed by atoms with Gasteiger partial charge in [0, 0.05) is 65.6 Å². The molecule has 0 spiro atoms. The summed E-state index contributed by atoms with van der Waals surface area (Å²) < 4.78 is 0. The molecule has 0 bridgehead atoms. The Hall–Kier alpha value is -3.61. The third kappa shape index (κ3) is 3.34. The Labute approximate surface area is 163 Å². The lowest BCUT2D eigenvalue weighted by atomic mass is 10.1. The zero-order chi connectivity index (χ0) is 19.7. The molecule has 4 rings (SSSR count). The first-order valence-corrected chi connectivity index (χ1v) is 9.15. The maximum Gasteiger partial charge on any atom is 0.229 e. The smallest absolute Gasteiger partial charge is 0.229 e. The molecule has 28 heavy (non-hydrogen) atoms. The van der Waals surface area contributed by atoms with Gasteiger partial charge in [-0.3, -0.25) is 4.98 Å². The van der Waals surface area contributed by atoms with Gasteiger partial charge in [0.1, 0.15) is 5.82 Å². The van der Waals surface area contributed by atoms with E-state index in [4.69, 9.17) is 4.98 Å². The minimum atomic E-state index is 0.552. The van der Waals surface area contributed by atoms with Crippen LogP contribution in [0, 0.1) is 13.8 Å². The Balaban J connectivity index is 1.76. The van der Waals surface area contributed by atoms with E-state index in [1.165, 1.54) is 0 Å². The van der Waals surface area contributed by atoms with Crippen LogP contribution >= 0.6 is 0 Å². The lowest BCUT2D eigenvalue weighted by Gasteiger charge is -2.13. The molecule has 4 N–H and O–H groups in total. The normalized spacial score (nSPS) is 10.9. The number of hydrogen-bond donors (Lipinski definition) is 4. The van der Waals surface area contributed by atoms with Gasteiger partial charge in [-0.2, -0.15) is 4.98 Å². The molecule has 0 unspecified atom stereocenters. The summed E-state index contributed by atoms with van der Waals surface area (Å²) in [5.41, 5.74) is 6.77. The lowest BCUT2D eigenvalue weighted by molar-refractivity contribution is 1.10. The zero-order valence-corrected chi connectivity index (χ0v) is 16.4. The van der Waals surface area contributed by atoms with E-state index in [-0.39, 0.29) is 0 Å². The van der Waals surface area contributed by atoms with Gasteiger partial charge >= 0.3 is 0 Å². The van der Waals surface area contributed by atoms with Gasteiger partial charge in [0.15, 0.2) is 0 Å². The number of rotatable bonds is 5. The molecule has 0 amide bonds. The predicted octanol–water partition coefficient (Wildman–Crippen LogP) is 4.46. The van der Waals surface area contributed by atoms with Crippen LogP contribution in [0.2, 0.25) is 0 Å². The topological polar surface area (TPSA) is 90.6 Å². The third-order valence-electron chi connectivity index (χ3n) is 4.67. The summed E-state index contributed by atoms with van der Waals surface area (Å²) in [5, 5.41) is 10.7. The minimum absolute atomic E-state index is 0.552. The van der Waals surface area contributed by atoms with Crippen LogP contribution in [-0.4, -0.2) is 34.0 Å². The number of anilines is 4. The highest BCUT2D eigenvalue weighted by Crippen LogP contribution is 2.32. The Kier molecular flexibility index (Phi) is 4.57. The third-order valence-corrected chi connectivity index (χ3v) is 4.67. The maximum atomic E-state index is 4.81. The van der Waals surface area contributed by atoms with E-state index in [1.807, 2.05) is 58.4 Å². The van der Waals surface area contributed by atoms with Crippen LogP contribution in [0.25, 0.3) is 22.2 Å². The molecule has 7 nitrogen and oxygen atoms in total. The molecule has 4 aromatic rings. The molecule has 3 heterocycles. The monoisotopic (exact) mass is 373 g/mol. The summed E-state index contributed by atoms with van der Waals surface area (Å²) in [5.74, 6) is 1.33. The summed E-state index contributed by atoms with van der Waals surface area (Å²) in [4.78, 5) is 17.0. The first kappa shape index (κ1) is 17.8. The molecule has 0 radical (unpaired) electrons. The first-order chi connectivity index (χ1) is 13.6. The van der Waals surface area contributed by atoms with Crippen molar-refractivity contribution >= 4 is 34.0 Å². The largest absolute Gasteiger partial charge is 0.388 e. The van der Waals surface area contributed by atoms with E-state index < -0.39 is 0 Å². The number of aryl methyl sites for hydroxylation is 2. The number of H-pyrrole nitrogens is 1. The Morgan fingerprint density at radius 2 is 1.75 bits per heavy atom. The summed E-state index contributed by atoms with van der Waals surface area (Å²) >= 11 is 0. The number of pyridine rings is 1. The fourth-order valence-corrected chi connectivity index (χ4v) is 3.30. The van der Waals surface area contributed by atoms with Gasteiger partial charge in [0.2, 0.25) is 5.95 Å². The van der Waals surface area contributed by atoms with Gasteiger partial charge in [0.05, 0.1) is 5.69 Å². The van der Waals surface area contributed by atoms with Gasteiger partial charge in [0.25, 0.3) is 0 Å². The van der Waals surface area contributed by atoms with E-state index in [0.29, 0.717) is 5.95 Å². The van der Waals surface area contributed by atoms with E-state index >= 15 is 0 Å². The van der Waals surface area contributed by atoms with Gasteiger partial charge in [-0.25, -0.2) is 4.98 Å². The number of nitrogens with one attached hydrogen (secondary N) is 4. The minimum Gasteiger partial charge on any atom is -0.388 e. The zero-order valence-electron chi connectivity index (χ0n) is 16.4. The lowest BCUT2D eigenvalue weighted by Crippen LogP contribution is -2.03. The number of fused-ring (bicyclic) bond motifs is 1. The average Bonchev–Trinajstić information content (AvgIpc) is 3.16. The molecule has 7 heteroatoms. The van der Waals surface area contributed by atoms with Crippen LogP contribution in [0.5, 0.6) is 0 Å². The molecular formula is C21H23N7. The van der Waals surface area contributed by atoms with Crippen molar-refractivity contribution in [1.82, 2.24) is 19.9 Å². The van der Waals surface area contributed by atoms with Gasteiger partial charge in [-0.05, 0) is 44.2 Å². The molecule has 0 atom stereocenters. The molecule has 0 aliphatic heterocycles. The van der Waals surface area contributed by atoms with Crippen LogP contribution < -0.4 is 16.0 Å². The predicted molar refractivity (Wildman–Crippen MR) is 115 cm³/mol. The summed E-state index contributed by atoms with van der Waals surface area (Å²) in [7, 11) is 3.75. The Bertz CT molecular complexity index is 1150. The van der Waals surface area contributed by atoms with Gasteiger partial charge in [-0.1, -0.05) is 0 Å². The summed E-state index contributed by atoms with van der Waals surface area (Å²) in [6.07, 6.45) is 1.94. The van der Waals surface area contributed by atoms with E-state index in [1.54, 1.807) is 0 Å². The van der Waals surface area contributed by atoms with Crippen molar-refractivity contribution in [3.8, 4) is 11.3 Å². The number of nitrogens with zero attached hydrogens (tertiary/aromatic N) is 3. The van der Waals surface area contributed by atoms with Crippen molar-refractivity contribution in [2.24, 2.45) is 0 Å². The van der Waals surface area contributed by atoms with Crippen molar-refractivity contribution in [3.63, 3.8) is 0 Å². The molecule has 0 aliphatic rings. The average molecular weight is 373 g/mol. The van der Waals surface area contributed by atoms with E-state index in [0.717, 1.165) is 50.7 Å². The standard InChI is InChI=1S/C21H23N7/c1-12-9-20(23-4)28-21(25-12)27-14-5-6-17(22-3)16(10-14)19-11-18-15(7-8-24-18)13(2)26-19/h5-11,22,24H,1-4H3,(H2,23,25,27,28). The fraction of sp³-hybridized carbons (Fsp3) is 0.190.